The normalized spacial score (nSPS) is 31.6. The predicted molar refractivity (Wildman–Crippen MR) is 101 cm³/mol. The number of nitrogens with two attached hydrogens (primary N) is 1. The first-order valence-corrected chi connectivity index (χ1v) is 10.4. The number of nitrogens with zero attached hydrogens (tertiary/aromatic N) is 2. The van der Waals surface area contributed by atoms with Gasteiger partial charge in [-0.15, -0.1) is 11.3 Å². The van der Waals surface area contributed by atoms with Crippen LogP contribution in [0.25, 0.3) is 0 Å². The summed E-state index contributed by atoms with van der Waals surface area (Å²) in [5.41, 5.74) is 6.61. The molecular weight excluding hydrogens is 334 g/mol. The molecule has 1 aromatic heterocycles. The van der Waals surface area contributed by atoms with E-state index < -0.39 is 5.54 Å². The van der Waals surface area contributed by atoms with Gasteiger partial charge >= 0.3 is 0 Å². The van der Waals surface area contributed by atoms with E-state index in [0.717, 1.165) is 38.0 Å². The highest BCUT2D eigenvalue weighted by atomic mass is 32.1. The van der Waals surface area contributed by atoms with Crippen LogP contribution in [-0.4, -0.2) is 47.1 Å². The molecule has 1 aromatic rings. The number of amides is 1. The van der Waals surface area contributed by atoms with Crippen LogP contribution in [0.2, 0.25) is 0 Å². The molecule has 1 aliphatic carbocycles. The summed E-state index contributed by atoms with van der Waals surface area (Å²) in [6.07, 6.45) is 3.76. The Kier molecular flexibility index (Phi) is 5.24. The van der Waals surface area contributed by atoms with Gasteiger partial charge in [0.2, 0.25) is 5.91 Å². The zero-order chi connectivity index (χ0) is 18.2. The number of hydrogen-bond donors (Lipinski definition) is 1. The first-order valence-electron chi connectivity index (χ1n) is 9.47. The minimum Gasteiger partial charge on any atom is -0.378 e. The molecule has 2 heterocycles. The van der Waals surface area contributed by atoms with Gasteiger partial charge in [-0.3, -0.25) is 4.79 Å². The Hall–Kier alpha value is -0.980. The highest BCUT2D eigenvalue weighted by molar-refractivity contribution is 7.09. The van der Waals surface area contributed by atoms with Crippen LogP contribution in [-0.2, 0) is 16.0 Å². The smallest absolute Gasteiger partial charge is 0.243 e. The molecule has 3 unspecified atom stereocenters. The number of thiazole rings is 1. The number of ether oxygens (including phenoxy) is 1. The van der Waals surface area contributed by atoms with E-state index in [1.165, 1.54) is 5.01 Å². The van der Waals surface area contributed by atoms with Crippen molar-refractivity contribution in [2.24, 2.45) is 11.1 Å². The first-order chi connectivity index (χ1) is 11.8. The van der Waals surface area contributed by atoms with E-state index in [-0.39, 0.29) is 17.4 Å². The lowest BCUT2D eigenvalue weighted by atomic mass is 9.54. The van der Waals surface area contributed by atoms with Crippen molar-refractivity contribution >= 4 is 17.2 Å². The average Bonchev–Trinajstić information content (AvgIpc) is 3.10. The molecule has 1 aliphatic heterocycles. The van der Waals surface area contributed by atoms with Gasteiger partial charge in [-0.05, 0) is 26.2 Å². The molecule has 1 amide bonds. The summed E-state index contributed by atoms with van der Waals surface area (Å²) in [6, 6.07) is 0. The van der Waals surface area contributed by atoms with Gasteiger partial charge in [0.15, 0.2) is 0 Å². The largest absolute Gasteiger partial charge is 0.378 e. The molecule has 0 bridgehead atoms. The topological polar surface area (TPSA) is 68.5 Å². The third-order valence-electron chi connectivity index (χ3n) is 6.20. The van der Waals surface area contributed by atoms with Crippen molar-refractivity contribution in [3.8, 4) is 0 Å². The van der Waals surface area contributed by atoms with Crippen LogP contribution in [0.3, 0.4) is 0 Å². The number of aryl methyl sites for hydroxylation is 1. The highest BCUT2D eigenvalue weighted by Crippen LogP contribution is 2.51. The summed E-state index contributed by atoms with van der Waals surface area (Å²) >= 11 is 1.73. The molecule has 3 rings (SSSR count). The Balaban J connectivity index is 1.70. The summed E-state index contributed by atoms with van der Waals surface area (Å²) in [6.45, 7) is 10.4. The molecule has 0 spiro atoms. The highest BCUT2D eigenvalue weighted by Gasteiger charge is 2.63. The third kappa shape index (κ3) is 3.13. The minimum absolute atomic E-state index is 0.0677. The fourth-order valence-electron chi connectivity index (χ4n) is 4.12. The molecule has 0 aromatic carbocycles. The maximum Gasteiger partial charge on any atom is 0.243 e. The van der Waals surface area contributed by atoms with Crippen LogP contribution in [0.15, 0.2) is 5.38 Å². The van der Waals surface area contributed by atoms with Crippen LogP contribution in [0, 0.1) is 5.41 Å². The van der Waals surface area contributed by atoms with Gasteiger partial charge in [-0.2, -0.15) is 0 Å². The van der Waals surface area contributed by atoms with Crippen molar-refractivity contribution in [2.45, 2.75) is 70.9 Å². The second kappa shape index (κ2) is 6.97. The molecule has 3 atom stereocenters. The van der Waals surface area contributed by atoms with Crippen molar-refractivity contribution in [3.63, 3.8) is 0 Å². The quantitative estimate of drug-likeness (QED) is 0.871. The number of aromatic nitrogens is 1. The lowest BCUT2D eigenvalue weighted by Gasteiger charge is -2.59. The lowest BCUT2D eigenvalue weighted by Crippen LogP contribution is -2.76. The van der Waals surface area contributed by atoms with Crippen LogP contribution in [0.1, 0.15) is 63.6 Å². The van der Waals surface area contributed by atoms with Crippen LogP contribution in [0.5, 0.6) is 0 Å². The molecular formula is C19H31N3O2S. The van der Waals surface area contributed by atoms with Crippen LogP contribution < -0.4 is 5.73 Å². The van der Waals surface area contributed by atoms with E-state index in [4.69, 9.17) is 15.5 Å². The molecule has 1 saturated heterocycles. The van der Waals surface area contributed by atoms with Crippen LogP contribution in [0.4, 0.5) is 0 Å². The standard InChI is InChI=1S/C19H31N3O2S/c1-5-14-12-25-16(21-14)13-8-7-9-22(11-13)17(23)19(20)10-15(24-6-2)18(19,3)4/h12-13,15H,5-11,20H2,1-4H3. The van der Waals surface area contributed by atoms with Crippen molar-refractivity contribution in [3.05, 3.63) is 16.1 Å². The van der Waals surface area contributed by atoms with E-state index in [1.807, 2.05) is 11.8 Å². The second-order valence-electron chi connectivity index (χ2n) is 7.96. The molecule has 6 heteroatoms. The maximum absolute atomic E-state index is 13.2. The van der Waals surface area contributed by atoms with Gasteiger partial charge in [-0.25, -0.2) is 4.98 Å². The van der Waals surface area contributed by atoms with Gasteiger partial charge in [-0.1, -0.05) is 20.8 Å². The molecule has 5 nitrogen and oxygen atoms in total. The Morgan fingerprint density at radius 2 is 2.24 bits per heavy atom. The van der Waals surface area contributed by atoms with Crippen molar-refractivity contribution in [2.75, 3.05) is 19.7 Å². The fraction of sp³-hybridized carbons (Fsp3) is 0.789. The Labute approximate surface area is 154 Å². The number of rotatable bonds is 5. The first kappa shape index (κ1) is 18.8. The molecule has 2 aliphatic rings. The summed E-state index contributed by atoms with van der Waals surface area (Å²) in [5.74, 6) is 0.433. The number of carbonyl (C=O) groups is 1. The second-order valence-corrected chi connectivity index (χ2v) is 8.85. The molecule has 1 saturated carbocycles. The van der Waals surface area contributed by atoms with Crippen LogP contribution >= 0.6 is 11.3 Å². The fourth-order valence-corrected chi connectivity index (χ4v) is 5.15. The molecule has 2 fully saturated rings. The van der Waals surface area contributed by atoms with Gasteiger partial charge < -0.3 is 15.4 Å². The van der Waals surface area contributed by atoms with Crippen molar-refractivity contribution in [1.82, 2.24) is 9.88 Å². The SMILES string of the molecule is CCOC1CC(N)(C(=O)N2CCCC(c3nc(CC)cs3)C2)C1(C)C. The molecule has 140 valence electrons. The molecule has 25 heavy (non-hydrogen) atoms. The van der Waals surface area contributed by atoms with E-state index in [1.54, 1.807) is 11.3 Å². The Morgan fingerprint density at radius 1 is 1.48 bits per heavy atom. The molecule has 2 N–H and O–H groups in total. The monoisotopic (exact) mass is 365 g/mol. The maximum atomic E-state index is 13.2. The minimum atomic E-state index is -0.813. The number of hydrogen-bond acceptors (Lipinski definition) is 5. The summed E-state index contributed by atoms with van der Waals surface area (Å²) in [5, 5.41) is 3.31. The molecule has 0 radical (unpaired) electrons. The Morgan fingerprint density at radius 3 is 2.84 bits per heavy atom. The zero-order valence-corrected chi connectivity index (χ0v) is 16.7. The summed E-state index contributed by atoms with van der Waals surface area (Å²) in [4.78, 5) is 19.9. The number of piperidine rings is 1. The predicted octanol–water partition coefficient (Wildman–Crippen LogP) is 2.94. The number of carbonyl (C=O) groups excluding carboxylic acids is 1. The summed E-state index contributed by atoms with van der Waals surface area (Å²) < 4.78 is 5.77. The van der Waals surface area contributed by atoms with E-state index >= 15 is 0 Å². The van der Waals surface area contributed by atoms with E-state index in [9.17, 15) is 4.79 Å². The van der Waals surface area contributed by atoms with Crippen molar-refractivity contribution < 1.29 is 9.53 Å². The van der Waals surface area contributed by atoms with Gasteiger partial charge in [0.25, 0.3) is 0 Å². The average molecular weight is 366 g/mol. The third-order valence-corrected chi connectivity index (χ3v) is 7.26. The zero-order valence-electron chi connectivity index (χ0n) is 15.9. The Bertz CT molecular complexity index is 630. The van der Waals surface area contributed by atoms with Gasteiger partial charge in [0.05, 0.1) is 16.8 Å². The van der Waals surface area contributed by atoms with E-state index in [2.05, 4.69) is 26.2 Å². The number of likely N-dealkylation sites (tertiary alicyclic amines) is 1. The lowest BCUT2D eigenvalue weighted by molar-refractivity contribution is -0.180. The van der Waals surface area contributed by atoms with Crippen molar-refractivity contribution in [1.29, 1.82) is 0 Å². The summed E-state index contributed by atoms with van der Waals surface area (Å²) in [7, 11) is 0. The van der Waals surface area contributed by atoms with Gasteiger partial charge in [0, 0.05) is 42.8 Å². The van der Waals surface area contributed by atoms with E-state index in [0.29, 0.717) is 18.9 Å². The van der Waals surface area contributed by atoms with Gasteiger partial charge in [0.1, 0.15) is 5.54 Å².